The Balaban J connectivity index is 1.48. The third-order valence-electron chi connectivity index (χ3n) is 6.89. The molecule has 2 N–H and O–H groups in total. The molecule has 0 aromatic heterocycles. The topological polar surface area (TPSA) is 61.8 Å². The summed E-state index contributed by atoms with van der Waals surface area (Å²) in [5.74, 6) is 0.555. The van der Waals surface area contributed by atoms with Crippen LogP contribution in [0.4, 0.5) is 5.69 Å². The maximum atomic E-state index is 12.7. The van der Waals surface area contributed by atoms with Crippen LogP contribution in [0.1, 0.15) is 42.4 Å². The van der Waals surface area contributed by atoms with E-state index in [-0.39, 0.29) is 5.91 Å². The van der Waals surface area contributed by atoms with Crippen molar-refractivity contribution in [2.75, 3.05) is 25.5 Å². The van der Waals surface area contributed by atoms with Gasteiger partial charge in [0.25, 0.3) is 5.91 Å². The van der Waals surface area contributed by atoms with Crippen molar-refractivity contribution < 1.29 is 14.6 Å². The van der Waals surface area contributed by atoms with Gasteiger partial charge in [-0.15, -0.1) is 0 Å². The Bertz CT molecular complexity index is 985. The van der Waals surface area contributed by atoms with E-state index in [0.29, 0.717) is 22.9 Å². The lowest BCUT2D eigenvalue weighted by atomic mass is 9.77. The summed E-state index contributed by atoms with van der Waals surface area (Å²) in [4.78, 5) is 15.3. The number of benzene rings is 2. The lowest BCUT2D eigenvalue weighted by Gasteiger charge is -2.40. The normalized spacial score (nSPS) is 28.6. The Morgan fingerprint density at radius 2 is 2.00 bits per heavy atom. The molecule has 31 heavy (non-hydrogen) atoms. The second-order valence-electron chi connectivity index (χ2n) is 9.05. The minimum atomic E-state index is -1.55. The van der Waals surface area contributed by atoms with Crippen molar-refractivity contribution >= 4 is 17.7 Å². The standard InChI is InChI=1S/C26H30N2O3/c1-31-24-25(29)27-23-14-12-18(11-13-21-8-5-15-28(21)17-19-9-10-19)16-22(23)26(24,30)20-6-3-2-4-7-20/h2-4,6-7,11-14,16,19,21,24,30H,5,8-10,15,17H2,1H3,(H,27,29)/b13-11+. The van der Waals surface area contributed by atoms with Crippen molar-refractivity contribution in [3.8, 4) is 0 Å². The molecule has 1 aliphatic carbocycles. The summed E-state index contributed by atoms with van der Waals surface area (Å²) in [6, 6.07) is 15.6. The monoisotopic (exact) mass is 418 g/mol. The summed E-state index contributed by atoms with van der Waals surface area (Å²) in [7, 11) is 1.46. The number of hydrogen-bond acceptors (Lipinski definition) is 4. The molecule has 0 radical (unpaired) electrons. The van der Waals surface area contributed by atoms with Crippen LogP contribution in [0.15, 0.2) is 54.6 Å². The zero-order valence-electron chi connectivity index (χ0n) is 18.0. The molecule has 2 aromatic carbocycles. The summed E-state index contributed by atoms with van der Waals surface area (Å²) in [6.07, 6.45) is 8.63. The van der Waals surface area contributed by atoms with E-state index in [1.807, 2.05) is 48.5 Å². The summed E-state index contributed by atoms with van der Waals surface area (Å²) < 4.78 is 5.48. The Morgan fingerprint density at radius 1 is 1.19 bits per heavy atom. The van der Waals surface area contributed by atoms with Crippen molar-refractivity contribution in [3.05, 3.63) is 71.3 Å². The molecule has 1 amide bonds. The van der Waals surface area contributed by atoms with E-state index in [4.69, 9.17) is 4.74 Å². The average molecular weight is 419 g/mol. The molecule has 0 bridgehead atoms. The predicted molar refractivity (Wildman–Crippen MR) is 122 cm³/mol. The minimum absolute atomic E-state index is 0.341. The number of amides is 1. The molecule has 2 fully saturated rings. The number of carbonyl (C=O) groups excluding carboxylic acids is 1. The van der Waals surface area contributed by atoms with Gasteiger partial charge in [0.05, 0.1) is 0 Å². The largest absolute Gasteiger partial charge is 0.377 e. The first kappa shape index (κ1) is 20.4. The van der Waals surface area contributed by atoms with Gasteiger partial charge in [-0.05, 0) is 61.4 Å². The van der Waals surface area contributed by atoms with Crippen molar-refractivity contribution in [2.45, 2.75) is 43.4 Å². The fourth-order valence-corrected chi connectivity index (χ4v) is 5.05. The number of likely N-dealkylation sites (tertiary alicyclic amines) is 1. The first-order valence-corrected chi connectivity index (χ1v) is 11.3. The van der Waals surface area contributed by atoms with Gasteiger partial charge in [-0.25, -0.2) is 0 Å². The molecule has 2 heterocycles. The van der Waals surface area contributed by atoms with Gasteiger partial charge < -0.3 is 15.2 Å². The van der Waals surface area contributed by atoms with Crippen LogP contribution in [-0.4, -0.2) is 48.3 Å². The number of carbonyl (C=O) groups is 1. The summed E-state index contributed by atoms with van der Waals surface area (Å²) in [6.45, 7) is 2.40. The minimum Gasteiger partial charge on any atom is -0.377 e. The number of nitrogens with zero attached hydrogens (tertiary/aromatic N) is 1. The lowest BCUT2D eigenvalue weighted by Crippen LogP contribution is -2.52. The van der Waals surface area contributed by atoms with Crippen molar-refractivity contribution in [2.24, 2.45) is 5.92 Å². The predicted octanol–water partition coefficient (Wildman–Crippen LogP) is 3.78. The highest BCUT2D eigenvalue weighted by Crippen LogP contribution is 2.42. The summed E-state index contributed by atoms with van der Waals surface area (Å²) >= 11 is 0. The van der Waals surface area contributed by atoms with E-state index in [0.717, 1.165) is 11.5 Å². The van der Waals surface area contributed by atoms with Crippen LogP contribution in [0.2, 0.25) is 0 Å². The SMILES string of the molecule is COC1C(=O)Nc2ccc(/C=C/C3CCCN3CC3CC3)cc2C1(O)c1ccccc1. The van der Waals surface area contributed by atoms with E-state index >= 15 is 0 Å². The number of anilines is 1. The van der Waals surface area contributed by atoms with Gasteiger partial charge in [-0.3, -0.25) is 9.69 Å². The Labute approximate surface area is 183 Å². The number of methoxy groups -OCH3 is 1. The summed E-state index contributed by atoms with van der Waals surface area (Å²) in [5.41, 5.74) is 1.39. The second-order valence-corrected chi connectivity index (χ2v) is 9.05. The lowest BCUT2D eigenvalue weighted by molar-refractivity contribution is -0.142. The van der Waals surface area contributed by atoms with Gasteiger partial charge in [0.1, 0.15) is 0 Å². The van der Waals surface area contributed by atoms with Crippen LogP contribution >= 0.6 is 0 Å². The smallest absolute Gasteiger partial charge is 0.257 e. The Morgan fingerprint density at radius 3 is 2.74 bits per heavy atom. The van der Waals surface area contributed by atoms with Crippen LogP contribution in [0.5, 0.6) is 0 Å². The van der Waals surface area contributed by atoms with Gasteiger partial charge in [0.15, 0.2) is 11.7 Å². The highest BCUT2D eigenvalue weighted by molar-refractivity contribution is 5.99. The van der Waals surface area contributed by atoms with Crippen molar-refractivity contribution in [3.63, 3.8) is 0 Å². The molecule has 5 nitrogen and oxygen atoms in total. The molecule has 2 aromatic rings. The average Bonchev–Trinajstić information content (AvgIpc) is 3.50. The van der Waals surface area contributed by atoms with Gasteiger partial charge >= 0.3 is 0 Å². The quantitative estimate of drug-likeness (QED) is 0.750. The van der Waals surface area contributed by atoms with E-state index < -0.39 is 11.7 Å². The molecule has 5 heteroatoms. The maximum absolute atomic E-state index is 12.7. The van der Waals surface area contributed by atoms with Crippen LogP contribution in [0, 0.1) is 5.92 Å². The molecule has 3 unspecified atom stereocenters. The Kier molecular flexibility index (Phi) is 5.42. The van der Waals surface area contributed by atoms with Crippen molar-refractivity contribution in [1.82, 2.24) is 4.90 Å². The fourth-order valence-electron chi connectivity index (χ4n) is 5.05. The van der Waals surface area contributed by atoms with Crippen LogP contribution in [-0.2, 0) is 15.1 Å². The molecule has 2 aliphatic heterocycles. The molecule has 3 aliphatic rings. The first-order valence-electron chi connectivity index (χ1n) is 11.3. The Hall–Kier alpha value is -2.47. The van der Waals surface area contributed by atoms with Gasteiger partial charge in [-0.1, -0.05) is 48.6 Å². The van der Waals surface area contributed by atoms with Gasteiger partial charge in [0.2, 0.25) is 0 Å². The van der Waals surface area contributed by atoms with Gasteiger partial charge in [0, 0.05) is 30.9 Å². The third-order valence-corrected chi connectivity index (χ3v) is 6.89. The number of fused-ring (bicyclic) bond motifs is 1. The van der Waals surface area contributed by atoms with Crippen LogP contribution < -0.4 is 5.32 Å². The fraction of sp³-hybridized carbons (Fsp3) is 0.423. The molecule has 5 rings (SSSR count). The zero-order valence-corrected chi connectivity index (χ0v) is 18.0. The molecule has 3 atom stereocenters. The maximum Gasteiger partial charge on any atom is 0.257 e. The van der Waals surface area contributed by atoms with Gasteiger partial charge in [-0.2, -0.15) is 0 Å². The number of hydrogen-bond donors (Lipinski definition) is 2. The first-order chi connectivity index (χ1) is 15.1. The molecule has 162 valence electrons. The second kappa shape index (κ2) is 8.23. The van der Waals surface area contributed by atoms with Crippen LogP contribution in [0.3, 0.4) is 0 Å². The van der Waals surface area contributed by atoms with Crippen LogP contribution in [0.25, 0.3) is 6.08 Å². The molecular formula is C26H30N2O3. The number of aliphatic hydroxyl groups is 1. The number of ether oxygens (including phenoxy) is 1. The summed E-state index contributed by atoms with van der Waals surface area (Å²) in [5, 5.41) is 14.7. The molecular weight excluding hydrogens is 388 g/mol. The third kappa shape index (κ3) is 3.82. The zero-order chi connectivity index (χ0) is 21.4. The van der Waals surface area contributed by atoms with Crippen molar-refractivity contribution in [1.29, 1.82) is 0 Å². The van der Waals surface area contributed by atoms with E-state index in [9.17, 15) is 9.90 Å². The highest BCUT2D eigenvalue weighted by atomic mass is 16.5. The number of rotatable bonds is 6. The van der Waals surface area contributed by atoms with E-state index in [2.05, 4.69) is 22.4 Å². The van der Waals surface area contributed by atoms with E-state index in [1.54, 1.807) is 0 Å². The molecule has 1 saturated heterocycles. The number of nitrogens with one attached hydrogen (secondary N) is 1. The van der Waals surface area contributed by atoms with E-state index in [1.165, 1.54) is 45.9 Å². The molecule has 0 spiro atoms. The molecule has 1 saturated carbocycles. The highest BCUT2D eigenvalue weighted by Gasteiger charge is 2.49.